The molecule has 1 heterocycles. The number of aryl methyl sites for hydroxylation is 1. The second-order valence-corrected chi connectivity index (χ2v) is 5.95. The normalized spacial score (nSPS) is 18.0. The lowest BCUT2D eigenvalue weighted by Gasteiger charge is -2.33. The van der Waals surface area contributed by atoms with Gasteiger partial charge >= 0.3 is 0 Å². The molecule has 0 saturated heterocycles. The third kappa shape index (κ3) is 4.51. The first-order valence-corrected chi connectivity index (χ1v) is 8.48. The summed E-state index contributed by atoms with van der Waals surface area (Å²) in [5.41, 5.74) is 5.20. The maximum Gasteiger partial charge on any atom is 0.226 e. The Labute approximate surface area is 127 Å². The molecule has 5 nitrogen and oxygen atoms in total. The van der Waals surface area contributed by atoms with Crippen LogP contribution in [0.4, 0.5) is 0 Å². The summed E-state index contributed by atoms with van der Waals surface area (Å²) in [5.74, 6) is 1.52. The van der Waals surface area contributed by atoms with Gasteiger partial charge in [0.05, 0.1) is 0 Å². The van der Waals surface area contributed by atoms with Crippen molar-refractivity contribution in [2.24, 2.45) is 5.73 Å². The van der Waals surface area contributed by atoms with E-state index in [1.807, 2.05) is 6.92 Å². The van der Waals surface area contributed by atoms with E-state index in [1.54, 1.807) is 0 Å². The van der Waals surface area contributed by atoms with Gasteiger partial charge in [-0.15, -0.1) is 0 Å². The summed E-state index contributed by atoms with van der Waals surface area (Å²) in [6, 6.07) is 0. The lowest BCUT2D eigenvalue weighted by atomic mass is 9.84. The summed E-state index contributed by atoms with van der Waals surface area (Å²) in [6.45, 7) is 3.51. The summed E-state index contributed by atoms with van der Waals surface area (Å²) in [5, 5.41) is 4.21. The van der Waals surface area contributed by atoms with Gasteiger partial charge < -0.3 is 15.0 Å². The van der Waals surface area contributed by atoms with Gasteiger partial charge in [-0.05, 0) is 39.2 Å². The first-order chi connectivity index (χ1) is 10.3. The summed E-state index contributed by atoms with van der Waals surface area (Å²) in [4.78, 5) is 4.62. The molecule has 0 bridgehead atoms. The van der Waals surface area contributed by atoms with Gasteiger partial charge in [-0.25, -0.2) is 0 Å². The second kappa shape index (κ2) is 8.49. The van der Waals surface area contributed by atoms with E-state index in [0.717, 1.165) is 50.4 Å². The van der Waals surface area contributed by atoms with E-state index < -0.39 is 0 Å². The van der Waals surface area contributed by atoms with E-state index in [9.17, 15) is 0 Å². The number of nitrogens with zero attached hydrogens (tertiary/aromatic N) is 2. The molecule has 0 atom stereocenters. The number of unbranched alkanes of at least 4 members (excludes halogenated alkanes) is 3. The first-order valence-electron chi connectivity index (χ1n) is 8.48. The summed E-state index contributed by atoms with van der Waals surface area (Å²) in [6.07, 6.45) is 11.1. The standard InChI is InChI=1S/C16H29N3O2/c1-2-20-16(11-7-5-8-12-16)15-18-14(21-19-15)10-6-3-4-9-13-17/h2-13,17H2,1H3. The van der Waals surface area contributed by atoms with Crippen molar-refractivity contribution in [3.8, 4) is 0 Å². The fraction of sp³-hybridized carbons (Fsp3) is 0.875. The highest BCUT2D eigenvalue weighted by atomic mass is 16.5. The molecule has 1 aliphatic rings. The molecule has 1 saturated carbocycles. The van der Waals surface area contributed by atoms with Crippen LogP contribution in [0.25, 0.3) is 0 Å². The quantitative estimate of drug-likeness (QED) is 0.707. The number of ether oxygens (including phenoxy) is 1. The molecule has 0 radical (unpaired) electrons. The number of hydrogen-bond donors (Lipinski definition) is 1. The van der Waals surface area contributed by atoms with Gasteiger partial charge in [0.15, 0.2) is 0 Å². The summed E-state index contributed by atoms with van der Waals surface area (Å²) in [7, 11) is 0. The Hall–Kier alpha value is -0.940. The molecule has 1 aromatic heterocycles. The van der Waals surface area contributed by atoms with Crippen molar-refractivity contribution < 1.29 is 9.26 Å². The van der Waals surface area contributed by atoms with Crippen molar-refractivity contribution in [1.82, 2.24) is 10.1 Å². The molecule has 1 aromatic rings. The van der Waals surface area contributed by atoms with E-state index in [0.29, 0.717) is 6.61 Å². The minimum absolute atomic E-state index is 0.297. The van der Waals surface area contributed by atoms with Crippen molar-refractivity contribution in [2.75, 3.05) is 13.2 Å². The van der Waals surface area contributed by atoms with Crippen LogP contribution in [0.1, 0.15) is 76.4 Å². The highest BCUT2D eigenvalue weighted by molar-refractivity contribution is 5.03. The molecule has 0 amide bonds. The van der Waals surface area contributed by atoms with Crippen molar-refractivity contribution in [3.05, 3.63) is 11.7 Å². The van der Waals surface area contributed by atoms with E-state index in [-0.39, 0.29) is 5.60 Å². The Morgan fingerprint density at radius 2 is 1.90 bits per heavy atom. The molecule has 1 aliphatic carbocycles. The molecule has 120 valence electrons. The third-order valence-electron chi connectivity index (χ3n) is 4.30. The zero-order chi connectivity index (χ0) is 15.0. The van der Waals surface area contributed by atoms with Crippen molar-refractivity contribution in [2.45, 2.75) is 76.7 Å². The van der Waals surface area contributed by atoms with Gasteiger partial charge in [0, 0.05) is 13.0 Å². The Kier molecular flexibility index (Phi) is 6.64. The summed E-state index contributed by atoms with van der Waals surface area (Å²) >= 11 is 0. The fourth-order valence-corrected chi connectivity index (χ4v) is 3.15. The highest BCUT2D eigenvalue weighted by Crippen LogP contribution is 2.39. The van der Waals surface area contributed by atoms with Gasteiger partial charge in [0.25, 0.3) is 0 Å². The molecule has 0 unspecified atom stereocenters. The van der Waals surface area contributed by atoms with Crippen molar-refractivity contribution in [3.63, 3.8) is 0 Å². The van der Waals surface area contributed by atoms with Crippen molar-refractivity contribution in [1.29, 1.82) is 0 Å². The van der Waals surface area contributed by atoms with Crippen LogP contribution in [0.2, 0.25) is 0 Å². The van der Waals surface area contributed by atoms with E-state index >= 15 is 0 Å². The number of hydrogen-bond acceptors (Lipinski definition) is 5. The molecule has 0 aromatic carbocycles. The van der Waals surface area contributed by atoms with E-state index in [2.05, 4.69) is 10.1 Å². The minimum atomic E-state index is -0.297. The van der Waals surface area contributed by atoms with Crippen LogP contribution in [0.5, 0.6) is 0 Å². The molecule has 21 heavy (non-hydrogen) atoms. The minimum Gasteiger partial charge on any atom is -0.367 e. The average Bonchev–Trinajstić information content (AvgIpc) is 2.98. The lowest BCUT2D eigenvalue weighted by Crippen LogP contribution is -2.33. The first kappa shape index (κ1) is 16.4. The molecular formula is C16H29N3O2. The maximum atomic E-state index is 6.03. The molecule has 1 fully saturated rings. The maximum absolute atomic E-state index is 6.03. The van der Waals surface area contributed by atoms with E-state index in [4.69, 9.17) is 15.0 Å². The van der Waals surface area contributed by atoms with Gasteiger partial charge in [-0.2, -0.15) is 4.98 Å². The predicted octanol–water partition coefficient (Wildman–Crippen LogP) is 3.33. The van der Waals surface area contributed by atoms with Crippen LogP contribution in [0.15, 0.2) is 4.52 Å². The average molecular weight is 295 g/mol. The monoisotopic (exact) mass is 295 g/mol. The van der Waals surface area contributed by atoms with Gasteiger partial charge in [0.1, 0.15) is 5.60 Å². The van der Waals surface area contributed by atoms with Crippen LogP contribution in [-0.2, 0) is 16.8 Å². The SMILES string of the molecule is CCOC1(c2noc(CCCCCCN)n2)CCCCC1. The smallest absolute Gasteiger partial charge is 0.226 e. The van der Waals surface area contributed by atoms with Crippen LogP contribution >= 0.6 is 0 Å². The number of nitrogens with two attached hydrogens (primary N) is 1. The number of rotatable bonds is 9. The zero-order valence-electron chi connectivity index (χ0n) is 13.3. The van der Waals surface area contributed by atoms with Crippen LogP contribution < -0.4 is 5.73 Å². The van der Waals surface area contributed by atoms with Crippen LogP contribution in [0.3, 0.4) is 0 Å². The topological polar surface area (TPSA) is 74.2 Å². The summed E-state index contributed by atoms with van der Waals surface area (Å²) < 4.78 is 11.5. The molecule has 0 aliphatic heterocycles. The molecule has 2 N–H and O–H groups in total. The molecule has 0 spiro atoms. The Bertz CT molecular complexity index is 394. The van der Waals surface area contributed by atoms with Crippen molar-refractivity contribution >= 4 is 0 Å². The molecule has 5 heteroatoms. The number of aromatic nitrogens is 2. The molecular weight excluding hydrogens is 266 g/mol. The fourth-order valence-electron chi connectivity index (χ4n) is 3.15. The Morgan fingerprint density at radius 3 is 2.62 bits per heavy atom. The second-order valence-electron chi connectivity index (χ2n) is 5.95. The van der Waals surface area contributed by atoms with Crippen LogP contribution in [-0.4, -0.2) is 23.3 Å². The predicted molar refractivity (Wildman–Crippen MR) is 81.9 cm³/mol. The van der Waals surface area contributed by atoms with Crippen LogP contribution in [0, 0.1) is 0 Å². The lowest BCUT2D eigenvalue weighted by molar-refractivity contribution is -0.0777. The third-order valence-corrected chi connectivity index (χ3v) is 4.30. The highest BCUT2D eigenvalue weighted by Gasteiger charge is 2.39. The van der Waals surface area contributed by atoms with Gasteiger partial charge in [0.2, 0.25) is 11.7 Å². The van der Waals surface area contributed by atoms with Gasteiger partial charge in [-0.1, -0.05) is 37.3 Å². The van der Waals surface area contributed by atoms with Gasteiger partial charge in [-0.3, -0.25) is 0 Å². The molecule has 2 rings (SSSR count). The Morgan fingerprint density at radius 1 is 1.14 bits per heavy atom. The Balaban J connectivity index is 1.90. The largest absolute Gasteiger partial charge is 0.367 e. The van der Waals surface area contributed by atoms with E-state index in [1.165, 1.54) is 32.1 Å². The zero-order valence-corrected chi connectivity index (χ0v) is 13.3.